The lowest BCUT2D eigenvalue weighted by atomic mass is 9.98. The summed E-state index contributed by atoms with van der Waals surface area (Å²) in [5.74, 6) is -2.30. The number of nitrogens with zero attached hydrogens (tertiary/aromatic N) is 5. The van der Waals surface area contributed by atoms with Crippen molar-refractivity contribution in [1.29, 1.82) is 0 Å². The Bertz CT molecular complexity index is 3540. The highest BCUT2D eigenvalue weighted by molar-refractivity contribution is 7.85. The van der Waals surface area contributed by atoms with Crippen molar-refractivity contribution in [3.05, 3.63) is 169 Å². The molecule has 3 heterocycles. The van der Waals surface area contributed by atoms with Gasteiger partial charge in [0, 0.05) is 62.2 Å². The van der Waals surface area contributed by atoms with Crippen molar-refractivity contribution in [2.45, 2.75) is 58.8 Å². The third-order valence-corrected chi connectivity index (χ3v) is 13.0. The van der Waals surface area contributed by atoms with Crippen LogP contribution < -0.4 is 16.0 Å². The number of benzene rings is 5. The lowest BCUT2D eigenvalue weighted by Gasteiger charge is -2.12. The summed E-state index contributed by atoms with van der Waals surface area (Å²) in [6.45, 7) is 4.89. The van der Waals surface area contributed by atoms with E-state index in [1.54, 1.807) is 78.9 Å². The first-order valence-electron chi connectivity index (χ1n) is 25.8. The van der Waals surface area contributed by atoms with Gasteiger partial charge in [0.25, 0.3) is 27.8 Å². The van der Waals surface area contributed by atoms with Gasteiger partial charge in [-0.2, -0.15) is 13.5 Å². The van der Waals surface area contributed by atoms with Crippen LogP contribution >= 0.6 is 23.2 Å². The molecule has 0 spiro atoms. The monoisotopic (exact) mass is 1180 g/mol. The number of hydrogen-bond donors (Lipinski definition) is 7. The number of carbonyl (C=O) groups is 6. The first-order valence-corrected chi connectivity index (χ1v) is 28.4. The van der Waals surface area contributed by atoms with E-state index in [1.165, 1.54) is 31.2 Å². The number of fused-ring (bicyclic) bond motifs is 2. The number of aliphatic imine (C=N–C) groups is 1. The number of allylic oxidation sites excluding steroid dienone is 1. The molecule has 1 aromatic heterocycles. The van der Waals surface area contributed by atoms with E-state index in [1.807, 2.05) is 35.1 Å². The first-order chi connectivity index (χ1) is 38.7. The van der Waals surface area contributed by atoms with Crippen molar-refractivity contribution in [2.75, 3.05) is 63.5 Å². The highest BCUT2D eigenvalue weighted by atomic mass is 35.5. The van der Waals surface area contributed by atoms with Gasteiger partial charge in [-0.1, -0.05) is 47.5 Å². The van der Waals surface area contributed by atoms with Crippen LogP contribution in [0.3, 0.4) is 0 Å². The highest BCUT2D eigenvalue weighted by Gasteiger charge is 2.33. The summed E-state index contributed by atoms with van der Waals surface area (Å²) in [5, 5.41) is 38.0. The van der Waals surface area contributed by atoms with Gasteiger partial charge in [-0.05, 0) is 176 Å². The molecule has 8 rings (SSSR count). The number of nitrogens with one attached hydrogen (secondary N) is 4. The minimum Gasteiger partial charge on any atom is -0.510 e. The fraction of sp³-hybridized carbons (Fsp3) is 0.271. The molecule has 5 aromatic carbocycles. The summed E-state index contributed by atoms with van der Waals surface area (Å²) in [7, 11) is 4.26. The lowest BCUT2D eigenvalue weighted by molar-refractivity contribution is -0.115. The van der Waals surface area contributed by atoms with E-state index in [0.717, 1.165) is 42.6 Å². The second-order valence-electron chi connectivity index (χ2n) is 19.9. The quantitative estimate of drug-likeness (QED) is 0.00936. The van der Waals surface area contributed by atoms with Gasteiger partial charge in [0.15, 0.2) is 23.1 Å². The average molecular weight is 1180 g/mol. The molecule has 0 fully saturated rings. The number of unbranched alkanes of at least 4 members (excludes halogenated alkanes) is 2. The van der Waals surface area contributed by atoms with Gasteiger partial charge in [0.2, 0.25) is 5.91 Å². The van der Waals surface area contributed by atoms with Gasteiger partial charge < -0.3 is 40.9 Å². The Balaban J connectivity index is 0.000000304. The zero-order chi connectivity index (χ0) is 60.0. The number of aryl methyl sites for hydroxylation is 1. The smallest absolute Gasteiger partial charge is 0.280 e. The molecule has 23 heteroatoms. The number of amides is 4. The average Bonchev–Trinajstić information content (AvgIpc) is 4.12. The van der Waals surface area contributed by atoms with Gasteiger partial charge in [0.1, 0.15) is 5.76 Å². The number of aromatic hydroxyl groups is 1. The second kappa shape index (κ2) is 28.5. The third kappa shape index (κ3) is 18.2. The molecule has 0 unspecified atom stereocenters. The van der Waals surface area contributed by atoms with Gasteiger partial charge >= 0.3 is 0 Å². The maximum absolute atomic E-state index is 13.3. The Kier molecular flexibility index (Phi) is 21.9. The fourth-order valence-corrected chi connectivity index (χ4v) is 8.84. The van der Waals surface area contributed by atoms with Crippen LogP contribution in [0.25, 0.3) is 11.3 Å². The van der Waals surface area contributed by atoms with Crippen LogP contribution in [0, 0.1) is 6.92 Å². The maximum Gasteiger partial charge on any atom is 0.280 e. The summed E-state index contributed by atoms with van der Waals surface area (Å²) in [6.07, 6.45) is 4.80. The van der Waals surface area contributed by atoms with Gasteiger partial charge in [-0.3, -0.25) is 33.3 Å². The molecule has 0 radical (unpaired) electrons. The minimum atomic E-state index is -3.67. The standard InChI is InChI=1S/C40H49N7O6.C18H10Cl2N2O2.CH4O3S/c1-25-19-31(23-34-33(25)24-37(51)43-34)42-40(53)38(26(2)48)45-44-30-15-13-27(14-16-30)39(52)41-32-21-28(35(49)11-7-9-17-46(3)4)20-29(22-32)36(50)12-8-10-18-47(5)6;19-11-5-1-9(2-6-11)15-13-14(18(24)21-15)16(22-17(13)23)10-3-7-12(20)8-4-10;1-5(2,3)4/h13-16,19-23,48H,7-12,17-18,24H2,1-6H3,(H,41,52)(H,42,53)(H,43,51);1-8,21,24H;1H3,(H,2,3,4). The number of aliphatic hydroxyl groups excluding tert-OH is 1. The Labute approximate surface area is 485 Å². The zero-order valence-electron chi connectivity index (χ0n) is 46.2. The van der Waals surface area contributed by atoms with E-state index in [0.29, 0.717) is 104 Å². The maximum atomic E-state index is 13.3. The van der Waals surface area contributed by atoms with Crippen LogP contribution in [0.2, 0.25) is 10.0 Å². The number of Topliss-reactive ketones (excluding diaryl/α,β-unsaturated/α-hetero) is 2. The van der Waals surface area contributed by atoms with E-state index in [2.05, 4.69) is 46.0 Å². The highest BCUT2D eigenvalue weighted by Crippen LogP contribution is 2.38. The third-order valence-electron chi connectivity index (χ3n) is 12.5. The predicted octanol–water partition coefficient (Wildman–Crippen LogP) is 11.3. The minimum absolute atomic E-state index is 0.0884. The number of aliphatic hydroxyl groups is 1. The summed E-state index contributed by atoms with van der Waals surface area (Å²) in [6, 6.07) is 28.3. The number of hydrogen-bond acceptors (Lipinski definition) is 14. The largest absolute Gasteiger partial charge is 0.510 e. The van der Waals surface area contributed by atoms with Crippen molar-refractivity contribution < 1.29 is 52.0 Å². The number of aromatic amines is 1. The summed E-state index contributed by atoms with van der Waals surface area (Å²) in [4.78, 5) is 88.0. The first kappa shape index (κ1) is 63.0. The van der Waals surface area contributed by atoms with Gasteiger partial charge in [-0.25, -0.2) is 4.99 Å². The van der Waals surface area contributed by atoms with Gasteiger partial charge in [-0.15, -0.1) is 5.11 Å². The Hall–Kier alpha value is -8.18. The van der Waals surface area contributed by atoms with E-state index < -0.39 is 27.8 Å². The molecule has 2 aliphatic heterocycles. The van der Waals surface area contributed by atoms with Crippen LogP contribution in [0.5, 0.6) is 5.88 Å². The van der Waals surface area contributed by atoms with Crippen LogP contribution in [-0.2, 0) is 26.1 Å². The summed E-state index contributed by atoms with van der Waals surface area (Å²) < 4.78 is 25.9. The number of rotatable bonds is 20. The molecule has 0 aliphatic carbocycles. The van der Waals surface area contributed by atoms with E-state index in [4.69, 9.17) is 27.8 Å². The Morgan fingerprint density at radius 3 is 1.77 bits per heavy atom. The van der Waals surface area contributed by atoms with Crippen molar-refractivity contribution in [3.63, 3.8) is 0 Å². The summed E-state index contributed by atoms with van der Waals surface area (Å²) >= 11 is 11.8. The molecule has 4 amide bonds. The van der Waals surface area contributed by atoms with E-state index >= 15 is 0 Å². The SMILES string of the molecule is CC(O)=C(N=Nc1ccc(C(=O)Nc2cc(C(=O)CCCCN(C)C)cc(C(=O)CCCCN(C)C)c2)cc1)C(=O)Nc1cc(C)c2c(c1)NC(=O)C2.CS(=O)(=O)O.O=C1N=C(c2ccc(Cl)cc2)c2c(O)[nH]c(-c3ccc(Cl)cc3)c21. The fourth-order valence-electron chi connectivity index (χ4n) is 8.59. The normalized spacial score (nSPS) is 12.9. The molecular weight excluding hydrogens is 1110 g/mol. The Morgan fingerprint density at radius 2 is 1.24 bits per heavy atom. The number of aromatic nitrogens is 1. The molecule has 7 N–H and O–H groups in total. The molecule has 82 heavy (non-hydrogen) atoms. The van der Waals surface area contributed by atoms with Crippen molar-refractivity contribution in [3.8, 4) is 17.1 Å². The molecule has 0 bridgehead atoms. The zero-order valence-corrected chi connectivity index (χ0v) is 48.5. The molecule has 20 nitrogen and oxygen atoms in total. The number of anilines is 3. The van der Waals surface area contributed by atoms with Crippen molar-refractivity contribution in [1.82, 2.24) is 14.8 Å². The Morgan fingerprint density at radius 1 is 0.720 bits per heavy atom. The van der Waals surface area contributed by atoms with E-state index in [9.17, 15) is 47.4 Å². The number of ketones is 2. The second-order valence-corrected chi connectivity index (χ2v) is 22.2. The molecule has 0 saturated carbocycles. The number of carbonyl (C=O) groups excluding carboxylic acids is 6. The van der Waals surface area contributed by atoms with Crippen molar-refractivity contribution >= 4 is 97.0 Å². The number of azo groups is 1. The van der Waals surface area contributed by atoms with Crippen molar-refractivity contribution in [2.24, 2.45) is 15.2 Å². The van der Waals surface area contributed by atoms with Crippen LogP contribution in [0.1, 0.15) is 109 Å². The topological polar surface area (TPSA) is 293 Å². The van der Waals surface area contributed by atoms with Crippen LogP contribution in [0.4, 0.5) is 22.7 Å². The summed E-state index contributed by atoms with van der Waals surface area (Å²) in [5.41, 5.74) is 7.31. The number of halogens is 2. The number of H-pyrrole nitrogens is 1. The van der Waals surface area contributed by atoms with Crippen LogP contribution in [-0.4, -0.2) is 126 Å². The lowest BCUT2D eigenvalue weighted by Crippen LogP contribution is -2.15. The van der Waals surface area contributed by atoms with E-state index in [-0.39, 0.29) is 46.8 Å². The molecule has 430 valence electrons. The molecule has 0 saturated heterocycles. The van der Waals surface area contributed by atoms with Crippen LogP contribution in [0.15, 0.2) is 130 Å². The molecular formula is C59H63Cl2N9O11S. The molecule has 0 atom stereocenters. The molecule has 2 aliphatic rings. The molecule has 6 aromatic rings. The van der Waals surface area contributed by atoms with Gasteiger partial charge in [0.05, 0.1) is 40.9 Å². The predicted molar refractivity (Wildman–Crippen MR) is 318 cm³/mol.